The van der Waals surface area contributed by atoms with Crippen LogP contribution < -0.4 is 0 Å². The Morgan fingerprint density at radius 3 is 2.15 bits per heavy atom. The Labute approximate surface area is 169 Å². The van der Waals surface area contributed by atoms with Gasteiger partial charge in [0.1, 0.15) is 0 Å². The van der Waals surface area contributed by atoms with E-state index >= 15 is 0 Å². The molecule has 2 aromatic carbocycles. The summed E-state index contributed by atoms with van der Waals surface area (Å²) >= 11 is 4.84. The maximum atomic E-state index is 4.84. The van der Waals surface area contributed by atoms with Crippen molar-refractivity contribution >= 4 is 18.7 Å². The second kappa shape index (κ2) is 9.10. The molecule has 27 heavy (non-hydrogen) atoms. The summed E-state index contributed by atoms with van der Waals surface area (Å²) in [5, 5.41) is 0. The Bertz CT molecular complexity index is 880. The van der Waals surface area contributed by atoms with Crippen molar-refractivity contribution in [2.45, 2.75) is 27.2 Å². The number of thiol groups is 1. The van der Waals surface area contributed by atoms with Crippen molar-refractivity contribution in [1.29, 1.82) is 0 Å². The molecule has 0 bridgehead atoms. The predicted molar refractivity (Wildman–Crippen MR) is 123 cm³/mol. The first-order valence-electron chi connectivity index (χ1n) is 9.70. The topological polar surface area (TPSA) is 0 Å². The van der Waals surface area contributed by atoms with Crippen molar-refractivity contribution in [3.8, 4) is 11.1 Å². The fraction of sp³-hybridized carbons (Fsp3) is 0.231. The Morgan fingerprint density at radius 2 is 1.56 bits per heavy atom. The fourth-order valence-electron chi connectivity index (χ4n) is 3.78. The number of hydrogen-bond donors (Lipinski definition) is 1. The van der Waals surface area contributed by atoms with Gasteiger partial charge >= 0.3 is 0 Å². The molecule has 0 saturated heterocycles. The van der Waals surface area contributed by atoms with Gasteiger partial charge in [0.25, 0.3) is 0 Å². The third-order valence-corrected chi connectivity index (χ3v) is 5.85. The molecule has 0 fully saturated rings. The van der Waals surface area contributed by atoms with Crippen LogP contribution in [0.4, 0.5) is 0 Å². The maximum Gasteiger partial charge on any atom is -0.0115 e. The molecular formula is C26H28S. The van der Waals surface area contributed by atoms with Crippen molar-refractivity contribution in [3.63, 3.8) is 0 Å². The fourth-order valence-corrected chi connectivity index (χ4v) is 4.23. The summed E-state index contributed by atoms with van der Waals surface area (Å²) < 4.78 is 0. The van der Waals surface area contributed by atoms with Gasteiger partial charge in [0.05, 0.1) is 0 Å². The molecule has 0 aromatic heterocycles. The molecule has 2 unspecified atom stereocenters. The Morgan fingerprint density at radius 1 is 0.889 bits per heavy atom. The van der Waals surface area contributed by atoms with E-state index < -0.39 is 0 Å². The van der Waals surface area contributed by atoms with Gasteiger partial charge in [0, 0.05) is 0 Å². The molecule has 0 N–H and O–H groups in total. The molecule has 0 heterocycles. The summed E-state index contributed by atoms with van der Waals surface area (Å²) in [6.45, 7) is 6.62. The first kappa shape index (κ1) is 19.5. The molecule has 0 aliphatic heterocycles. The van der Waals surface area contributed by atoms with Crippen molar-refractivity contribution < 1.29 is 0 Å². The molecule has 0 nitrogen and oxygen atoms in total. The highest BCUT2D eigenvalue weighted by Crippen LogP contribution is 2.42. The molecule has 3 rings (SSSR count). The quantitative estimate of drug-likeness (QED) is 0.403. The Kier molecular flexibility index (Phi) is 6.58. The molecule has 2 atom stereocenters. The maximum absolute atomic E-state index is 4.84. The highest BCUT2D eigenvalue weighted by atomic mass is 32.1. The molecule has 0 radical (unpaired) electrons. The van der Waals surface area contributed by atoms with Gasteiger partial charge in [-0.05, 0) is 64.0 Å². The van der Waals surface area contributed by atoms with E-state index in [1.165, 1.54) is 39.2 Å². The molecule has 0 amide bonds. The molecule has 1 aliphatic rings. The third kappa shape index (κ3) is 4.73. The lowest BCUT2D eigenvalue weighted by atomic mass is 9.93. The zero-order valence-electron chi connectivity index (χ0n) is 16.4. The smallest absolute Gasteiger partial charge is 0.0115 e. The summed E-state index contributed by atoms with van der Waals surface area (Å²) in [6, 6.07) is 19.3. The van der Waals surface area contributed by atoms with E-state index in [0.717, 1.165) is 0 Å². The van der Waals surface area contributed by atoms with Gasteiger partial charge in [-0.25, -0.2) is 0 Å². The van der Waals surface area contributed by atoms with Gasteiger partial charge in [-0.2, -0.15) is 0 Å². The minimum absolute atomic E-state index is 0.539. The van der Waals surface area contributed by atoms with Crippen molar-refractivity contribution in [1.82, 2.24) is 0 Å². The van der Waals surface area contributed by atoms with E-state index in [0.29, 0.717) is 11.8 Å². The summed E-state index contributed by atoms with van der Waals surface area (Å²) in [5.74, 6) is 1.08. The van der Waals surface area contributed by atoms with E-state index in [9.17, 15) is 0 Å². The first-order chi connectivity index (χ1) is 13.1. The molecular weight excluding hydrogens is 344 g/mol. The Hall–Kier alpha value is -2.25. The van der Waals surface area contributed by atoms with Crippen LogP contribution in [-0.2, 0) is 0 Å². The van der Waals surface area contributed by atoms with Gasteiger partial charge < -0.3 is 0 Å². The van der Waals surface area contributed by atoms with Crippen LogP contribution in [0, 0.1) is 11.8 Å². The van der Waals surface area contributed by atoms with Gasteiger partial charge in [0.15, 0.2) is 0 Å². The van der Waals surface area contributed by atoms with Crippen LogP contribution in [0.1, 0.15) is 32.8 Å². The second-order valence-electron chi connectivity index (χ2n) is 7.31. The normalized spacial score (nSPS) is 21.0. The van der Waals surface area contributed by atoms with Gasteiger partial charge in [0.2, 0.25) is 0 Å². The molecule has 1 heteroatoms. The minimum atomic E-state index is 0.539. The lowest BCUT2D eigenvalue weighted by Gasteiger charge is -2.12. The van der Waals surface area contributed by atoms with Crippen LogP contribution in [-0.4, -0.2) is 0 Å². The van der Waals surface area contributed by atoms with Crippen LogP contribution in [0.2, 0.25) is 0 Å². The molecule has 1 aliphatic carbocycles. The standard InChI is InChI=1S/C26H28S/c1-4-5-7-12-24(25-19(2)17-20(3)26(25)27)18-21-13-15-23(16-14-21)22-10-8-6-9-11-22/h4-16,18-20,27H,17H2,1-3H3/b5-4+,12-7-,24-18+. The monoisotopic (exact) mass is 372 g/mol. The largest absolute Gasteiger partial charge is 0.147 e. The second-order valence-corrected chi connectivity index (χ2v) is 7.79. The van der Waals surface area contributed by atoms with Crippen LogP contribution in [0.3, 0.4) is 0 Å². The van der Waals surface area contributed by atoms with Crippen LogP contribution in [0.25, 0.3) is 17.2 Å². The van der Waals surface area contributed by atoms with Crippen LogP contribution in [0.15, 0.2) is 95.0 Å². The van der Waals surface area contributed by atoms with E-state index in [1.54, 1.807) is 0 Å². The van der Waals surface area contributed by atoms with Crippen LogP contribution in [0.5, 0.6) is 0 Å². The van der Waals surface area contributed by atoms with Crippen molar-refractivity contribution in [2.75, 3.05) is 0 Å². The minimum Gasteiger partial charge on any atom is -0.147 e. The Balaban J connectivity index is 1.96. The first-order valence-corrected chi connectivity index (χ1v) is 10.1. The highest BCUT2D eigenvalue weighted by molar-refractivity contribution is 7.84. The third-order valence-electron chi connectivity index (χ3n) is 5.17. The molecule has 0 spiro atoms. The number of benzene rings is 2. The van der Waals surface area contributed by atoms with Crippen molar-refractivity contribution in [3.05, 3.63) is 101 Å². The number of rotatable bonds is 5. The lowest BCUT2D eigenvalue weighted by molar-refractivity contribution is 0.578. The summed E-state index contributed by atoms with van der Waals surface area (Å²) in [6.07, 6.45) is 11.9. The van der Waals surface area contributed by atoms with E-state index in [2.05, 4.69) is 98.8 Å². The number of hydrogen-bond acceptors (Lipinski definition) is 1. The summed E-state index contributed by atoms with van der Waals surface area (Å²) in [5.41, 5.74) is 6.37. The average Bonchev–Trinajstić information content (AvgIpc) is 2.94. The molecule has 2 aromatic rings. The highest BCUT2D eigenvalue weighted by Gasteiger charge is 2.27. The SMILES string of the molecule is C/C=C/C=C\C(=C/c1ccc(-c2ccccc2)cc1)C1=C(S)C(C)CC1C. The summed E-state index contributed by atoms with van der Waals surface area (Å²) in [4.78, 5) is 1.24. The number of allylic oxidation sites excluding steroid dienone is 7. The van der Waals surface area contributed by atoms with Crippen LogP contribution >= 0.6 is 12.6 Å². The lowest BCUT2D eigenvalue weighted by Crippen LogP contribution is -1.96. The predicted octanol–water partition coefficient (Wildman–Crippen LogP) is 7.73. The zero-order chi connectivity index (χ0) is 19.2. The van der Waals surface area contributed by atoms with E-state index in [4.69, 9.17) is 12.6 Å². The van der Waals surface area contributed by atoms with Gasteiger partial charge in [-0.15, -0.1) is 12.6 Å². The van der Waals surface area contributed by atoms with E-state index in [-0.39, 0.29) is 0 Å². The van der Waals surface area contributed by atoms with E-state index in [1.807, 2.05) is 6.92 Å². The average molecular weight is 373 g/mol. The van der Waals surface area contributed by atoms with Gasteiger partial charge in [-0.1, -0.05) is 92.7 Å². The molecule has 138 valence electrons. The van der Waals surface area contributed by atoms with Gasteiger partial charge in [-0.3, -0.25) is 0 Å². The van der Waals surface area contributed by atoms with Crippen molar-refractivity contribution in [2.24, 2.45) is 11.8 Å². The zero-order valence-corrected chi connectivity index (χ0v) is 17.3. The summed E-state index contributed by atoms with van der Waals surface area (Å²) in [7, 11) is 0. The molecule has 0 saturated carbocycles.